The van der Waals surface area contributed by atoms with Crippen LogP contribution in [0.25, 0.3) is 11.5 Å². The molecule has 0 saturated heterocycles. The molecule has 2 heterocycles. The van der Waals surface area contributed by atoms with Gasteiger partial charge in [-0.15, -0.1) is 0 Å². The summed E-state index contributed by atoms with van der Waals surface area (Å²) in [6.07, 6.45) is 1.57. The Morgan fingerprint density at radius 3 is 2.81 bits per heavy atom. The normalized spacial score (nSPS) is 10.4. The molecule has 0 aromatic carbocycles. The lowest BCUT2D eigenvalue weighted by molar-refractivity contribution is 0.0691. The maximum Gasteiger partial charge on any atom is 0.358 e. The number of pyridine rings is 1. The smallest absolute Gasteiger partial charge is 0.358 e. The van der Waals surface area contributed by atoms with Crippen LogP contribution in [-0.2, 0) is 0 Å². The average Bonchev–Trinajstić information content (AvgIpc) is 2.61. The third kappa shape index (κ3) is 1.96. The van der Waals surface area contributed by atoms with Crippen LogP contribution in [-0.4, -0.2) is 21.0 Å². The predicted molar refractivity (Wildman–Crippen MR) is 59.1 cm³/mol. The molecule has 0 atom stereocenters. The number of hydrogen-bond acceptors (Lipinski definition) is 4. The molecule has 0 radical (unpaired) electrons. The highest BCUT2D eigenvalue weighted by Crippen LogP contribution is 2.23. The van der Waals surface area contributed by atoms with Gasteiger partial charge in [-0.2, -0.15) is 0 Å². The minimum atomic E-state index is -1.13. The van der Waals surface area contributed by atoms with E-state index in [1.54, 1.807) is 25.3 Å². The lowest BCUT2D eigenvalue weighted by atomic mass is 10.2. The first-order valence-electron chi connectivity index (χ1n) is 4.40. The summed E-state index contributed by atoms with van der Waals surface area (Å²) in [5.74, 6) is -0.647. The van der Waals surface area contributed by atoms with Crippen molar-refractivity contribution in [1.29, 1.82) is 0 Å². The van der Waals surface area contributed by atoms with Crippen LogP contribution >= 0.6 is 15.9 Å². The van der Waals surface area contributed by atoms with E-state index in [1.165, 1.54) is 0 Å². The molecule has 1 N–H and O–H groups in total. The standard InChI is InChI=1S/C10H7BrN2O3/c1-5-13-8(10(14)15)9(16-5)7-3-2-6(11)4-12-7/h2-4H,1H3,(H,14,15). The van der Waals surface area contributed by atoms with Gasteiger partial charge in [0.25, 0.3) is 0 Å². The number of nitrogens with zero attached hydrogens (tertiary/aromatic N) is 2. The number of aromatic carboxylic acids is 1. The number of hydrogen-bond donors (Lipinski definition) is 1. The molecule has 0 fully saturated rings. The number of oxazole rings is 1. The molecular weight excluding hydrogens is 276 g/mol. The zero-order valence-electron chi connectivity index (χ0n) is 8.27. The van der Waals surface area contributed by atoms with Crippen LogP contribution in [0.15, 0.2) is 27.2 Å². The van der Waals surface area contributed by atoms with Gasteiger partial charge in [-0.1, -0.05) is 0 Å². The van der Waals surface area contributed by atoms with Gasteiger partial charge < -0.3 is 9.52 Å². The molecule has 5 nitrogen and oxygen atoms in total. The van der Waals surface area contributed by atoms with Crippen molar-refractivity contribution in [3.05, 3.63) is 34.4 Å². The fraction of sp³-hybridized carbons (Fsp3) is 0.100. The van der Waals surface area contributed by atoms with Crippen molar-refractivity contribution in [1.82, 2.24) is 9.97 Å². The molecule has 16 heavy (non-hydrogen) atoms. The predicted octanol–water partition coefficient (Wildman–Crippen LogP) is 2.51. The van der Waals surface area contributed by atoms with E-state index in [9.17, 15) is 4.79 Å². The third-order valence-electron chi connectivity index (χ3n) is 1.90. The first kappa shape index (κ1) is 10.8. The summed E-state index contributed by atoms with van der Waals surface area (Å²) in [4.78, 5) is 18.8. The summed E-state index contributed by atoms with van der Waals surface area (Å²) in [6, 6.07) is 3.42. The zero-order valence-corrected chi connectivity index (χ0v) is 9.85. The van der Waals surface area contributed by atoms with Crippen LogP contribution in [0.5, 0.6) is 0 Å². The number of rotatable bonds is 2. The molecule has 0 spiro atoms. The van der Waals surface area contributed by atoms with Crippen LogP contribution in [0.3, 0.4) is 0 Å². The van der Waals surface area contributed by atoms with E-state index < -0.39 is 5.97 Å². The van der Waals surface area contributed by atoms with Crippen LogP contribution < -0.4 is 0 Å². The molecule has 82 valence electrons. The largest absolute Gasteiger partial charge is 0.476 e. The first-order chi connectivity index (χ1) is 7.58. The number of carboxylic acid groups (broad SMARTS) is 1. The van der Waals surface area contributed by atoms with E-state index in [0.29, 0.717) is 11.6 Å². The molecule has 0 aliphatic heterocycles. The minimum Gasteiger partial charge on any atom is -0.476 e. The summed E-state index contributed by atoms with van der Waals surface area (Å²) >= 11 is 3.25. The van der Waals surface area contributed by atoms with E-state index >= 15 is 0 Å². The van der Waals surface area contributed by atoms with Gasteiger partial charge in [-0.05, 0) is 28.1 Å². The Bertz CT molecular complexity index is 533. The second-order valence-electron chi connectivity index (χ2n) is 3.08. The molecule has 0 aliphatic carbocycles. The Morgan fingerprint density at radius 2 is 2.25 bits per heavy atom. The van der Waals surface area contributed by atoms with Crippen LogP contribution in [0.2, 0.25) is 0 Å². The number of aromatic nitrogens is 2. The highest BCUT2D eigenvalue weighted by molar-refractivity contribution is 9.10. The quantitative estimate of drug-likeness (QED) is 0.916. The summed E-state index contributed by atoms with van der Waals surface area (Å²) in [7, 11) is 0. The van der Waals surface area contributed by atoms with Gasteiger partial charge in [0, 0.05) is 17.6 Å². The average molecular weight is 283 g/mol. The van der Waals surface area contributed by atoms with E-state index in [0.717, 1.165) is 4.47 Å². The van der Waals surface area contributed by atoms with Crippen molar-refractivity contribution < 1.29 is 14.3 Å². The SMILES string of the molecule is Cc1nc(C(=O)O)c(-c2ccc(Br)cn2)o1. The van der Waals surface area contributed by atoms with Crippen molar-refractivity contribution in [3.63, 3.8) is 0 Å². The highest BCUT2D eigenvalue weighted by atomic mass is 79.9. The number of halogens is 1. The van der Waals surface area contributed by atoms with E-state index in [2.05, 4.69) is 25.9 Å². The fourth-order valence-corrected chi connectivity index (χ4v) is 1.49. The molecule has 0 saturated carbocycles. The molecule has 2 aromatic heterocycles. The number of aryl methyl sites for hydroxylation is 1. The van der Waals surface area contributed by atoms with Gasteiger partial charge >= 0.3 is 5.97 Å². The topological polar surface area (TPSA) is 76.2 Å². The Hall–Kier alpha value is -1.69. The Labute approximate surface area is 99.3 Å². The van der Waals surface area contributed by atoms with Crippen LogP contribution in [0, 0.1) is 6.92 Å². The van der Waals surface area contributed by atoms with Gasteiger partial charge in [-0.25, -0.2) is 9.78 Å². The fourth-order valence-electron chi connectivity index (χ4n) is 1.26. The molecule has 2 aromatic rings. The number of carboxylic acids is 1. The van der Waals surface area contributed by atoms with E-state index in [-0.39, 0.29) is 11.5 Å². The summed E-state index contributed by atoms with van der Waals surface area (Å²) in [5.41, 5.74) is 0.327. The molecule has 6 heteroatoms. The molecule has 0 amide bonds. The van der Waals surface area contributed by atoms with Crippen molar-refractivity contribution in [2.24, 2.45) is 0 Å². The van der Waals surface area contributed by atoms with Crippen molar-refractivity contribution >= 4 is 21.9 Å². The molecular formula is C10H7BrN2O3. The Kier molecular flexibility index (Phi) is 2.74. The minimum absolute atomic E-state index is 0.118. The summed E-state index contributed by atoms with van der Waals surface area (Å²) < 4.78 is 6.04. The van der Waals surface area contributed by atoms with Gasteiger partial charge in [0.05, 0.1) is 0 Å². The number of carbonyl (C=O) groups is 1. The highest BCUT2D eigenvalue weighted by Gasteiger charge is 2.19. The van der Waals surface area contributed by atoms with Crippen molar-refractivity contribution in [2.75, 3.05) is 0 Å². The maximum absolute atomic E-state index is 10.9. The van der Waals surface area contributed by atoms with E-state index in [4.69, 9.17) is 9.52 Å². The lowest BCUT2D eigenvalue weighted by Gasteiger charge is -1.96. The van der Waals surface area contributed by atoms with Crippen molar-refractivity contribution in [3.8, 4) is 11.5 Å². The first-order valence-corrected chi connectivity index (χ1v) is 5.20. The second-order valence-corrected chi connectivity index (χ2v) is 3.99. The lowest BCUT2D eigenvalue weighted by Crippen LogP contribution is -1.99. The Balaban J connectivity index is 2.55. The van der Waals surface area contributed by atoms with Crippen molar-refractivity contribution in [2.45, 2.75) is 6.92 Å². The van der Waals surface area contributed by atoms with Crippen LogP contribution in [0.4, 0.5) is 0 Å². The van der Waals surface area contributed by atoms with Crippen LogP contribution in [0.1, 0.15) is 16.4 Å². The Morgan fingerprint density at radius 1 is 1.50 bits per heavy atom. The monoisotopic (exact) mass is 282 g/mol. The zero-order chi connectivity index (χ0) is 11.7. The third-order valence-corrected chi connectivity index (χ3v) is 2.37. The molecule has 0 bridgehead atoms. The van der Waals surface area contributed by atoms with Gasteiger partial charge in [0.15, 0.2) is 17.3 Å². The maximum atomic E-state index is 10.9. The van der Waals surface area contributed by atoms with E-state index in [1.807, 2.05) is 0 Å². The summed E-state index contributed by atoms with van der Waals surface area (Å²) in [6.45, 7) is 1.59. The molecule has 2 rings (SSSR count). The molecule has 0 aliphatic rings. The molecule has 0 unspecified atom stereocenters. The summed E-state index contributed by atoms with van der Waals surface area (Å²) in [5, 5.41) is 8.94. The van der Waals surface area contributed by atoms with Gasteiger partial charge in [0.1, 0.15) is 5.69 Å². The van der Waals surface area contributed by atoms with Gasteiger partial charge in [-0.3, -0.25) is 4.98 Å². The van der Waals surface area contributed by atoms with Gasteiger partial charge in [0.2, 0.25) is 0 Å². The second kappa shape index (κ2) is 4.05.